The fourth-order valence-electron chi connectivity index (χ4n) is 3.32. The lowest BCUT2D eigenvalue weighted by molar-refractivity contribution is -0.120. The van der Waals surface area contributed by atoms with Gasteiger partial charge < -0.3 is 0 Å². The molecule has 4 heteroatoms. The number of rotatable bonds is 3. The Morgan fingerprint density at radius 2 is 1.70 bits per heavy atom. The Bertz CT molecular complexity index is 727. The second-order valence-electron chi connectivity index (χ2n) is 6.11. The molecule has 0 spiro atoms. The number of hydrogen-bond acceptors (Lipinski definition) is 3. The third-order valence-corrected chi connectivity index (χ3v) is 4.51. The SMILES string of the molecule is O=C1C2CCN(Cc3ccccc3)CC2=NN1c1ccccc1. The van der Waals surface area contributed by atoms with E-state index in [9.17, 15) is 4.79 Å². The summed E-state index contributed by atoms with van der Waals surface area (Å²) in [7, 11) is 0. The third-order valence-electron chi connectivity index (χ3n) is 4.51. The Morgan fingerprint density at radius 1 is 1.00 bits per heavy atom. The minimum Gasteiger partial charge on any atom is -0.293 e. The van der Waals surface area contributed by atoms with E-state index in [0.29, 0.717) is 0 Å². The average molecular weight is 305 g/mol. The Balaban J connectivity index is 1.51. The maximum absolute atomic E-state index is 12.6. The molecule has 2 aliphatic rings. The first-order chi connectivity index (χ1) is 11.3. The number of benzene rings is 2. The van der Waals surface area contributed by atoms with Crippen LogP contribution < -0.4 is 5.01 Å². The van der Waals surface area contributed by atoms with E-state index in [0.717, 1.165) is 37.5 Å². The Morgan fingerprint density at radius 3 is 2.43 bits per heavy atom. The number of hydrogen-bond donors (Lipinski definition) is 0. The van der Waals surface area contributed by atoms with Gasteiger partial charge in [-0.25, -0.2) is 5.01 Å². The van der Waals surface area contributed by atoms with E-state index in [2.05, 4.69) is 34.3 Å². The summed E-state index contributed by atoms with van der Waals surface area (Å²) in [4.78, 5) is 15.0. The number of para-hydroxylation sites is 1. The van der Waals surface area contributed by atoms with Gasteiger partial charge in [-0.05, 0) is 24.1 Å². The molecule has 0 bridgehead atoms. The van der Waals surface area contributed by atoms with Gasteiger partial charge in [0.25, 0.3) is 5.91 Å². The van der Waals surface area contributed by atoms with Crippen LogP contribution >= 0.6 is 0 Å². The lowest BCUT2D eigenvalue weighted by Crippen LogP contribution is -2.41. The van der Waals surface area contributed by atoms with Crippen molar-refractivity contribution < 1.29 is 4.79 Å². The van der Waals surface area contributed by atoms with E-state index >= 15 is 0 Å². The highest BCUT2D eigenvalue weighted by atomic mass is 16.2. The summed E-state index contributed by atoms with van der Waals surface area (Å²) in [6.07, 6.45) is 0.855. The molecule has 2 aromatic rings. The van der Waals surface area contributed by atoms with Crippen molar-refractivity contribution >= 4 is 17.3 Å². The Kier molecular flexibility index (Phi) is 3.67. The summed E-state index contributed by atoms with van der Waals surface area (Å²) in [6, 6.07) is 20.1. The van der Waals surface area contributed by atoms with Crippen LogP contribution in [-0.2, 0) is 11.3 Å². The summed E-state index contributed by atoms with van der Waals surface area (Å²) in [5, 5.41) is 6.19. The zero-order valence-electron chi connectivity index (χ0n) is 12.9. The molecule has 0 saturated carbocycles. The molecule has 1 fully saturated rings. The highest BCUT2D eigenvalue weighted by Crippen LogP contribution is 2.29. The molecule has 0 aromatic heterocycles. The molecule has 0 radical (unpaired) electrons. The van der Waals surface area contributed by atoms with Gasteiger partial charge in [-0.15, -0.1) is 0 Å². The number of anilines is 1. The molecule has 2 heterocycles. The molecular weight excluding hydrogens is 286 g/mol. The standard InChI is InChI=1S/C19H19N3O/c23-19-17-11-12-21(13-15-7-3-1-4-8-15)14-18(17)20-22(19)16-9-5-2-6-10-16/h1-10,17H,11-14H2. The molecule has 2 aliphatic heterocycles. The van der Waals surface area contributed by atoms with Crippen molar-refractivity contribution in [2.24, 2.45) is 11.0 Å². The molecular formula is C19H19N3O. The van der Waals surface area contributed by atoms with Gasteiger partial charge in [0, 0.05) is 19.6 Å². The number of fused-ring (bicyclic) bond motifs is 1. The number of amides is 1. The molecule has 23 heavy (non-hydrogen) atoms. The van der Waals surface area contributed by atoms with Crippen molar-refractivity contribution in [3.63, 3.8) is 0 Å². The number of piperidine rings is 1. The van der Waals surface area contributed by atoms with Crippen molar-refractivity contribution in [3.05, 3.63) is 66.2 Å². The van der Waals surface area contributed by atoms with Crippen molar-refractivity contribution in [2.75, 3.05) is 18.1 Å². The van der Waals surface area contributed by atoms with Crippen LogP contribution in [0.1, 0.15) is 12.0 Å². The smallest absolute Gasteiger partial charge is 0.256 e. The van der Waals surface area contributed by atoms with Gasteiger partial charge in [0.2, 0.25) is 0 Å². The van der Waals surface area contributed by atoms with Crippen molar-refractivity contribution in [3.8, 4) is 0 Å². The van der Waals surface area contributed by atoms with Crippen LogP contribution in [0.3, 0.4) is 0 Å². The van der Waals surface area contributed by atoms with Crippen molar-refractivity contribution in [1.82, 2.24) is 4.90 Å². The van der Waals surface area contributed by atoms with Gasteiger partial charge in [0.15, 0.2) is 0 Å². The monoisotopic (exact) mass is 305 g/mol. The van der Waals surface area contributed by atoms with Crippen LogP contribution in [-0.4, -0.2) is 29.6 Å². The van der Waals surface area contributed by atoms with Gasteiger partial charge in [-0.2, -0.15) is 5.10 Å². The highest BCUT2D eigenvalue weighted by Gasteiger charge is 2.39. The first-order valence-corrected chi connectivity index (χ1v) is 8.04. The molecule has 1 amide bonds. The molecule has 4 rings (SSSR count). The number of carbonyl (C=O) groups excluding carboxylic acids is 1. The fourth-order valence-corrected chi connectivity index (χ4v) is 3.32. The highest BCUT2D eigenvalue weighted by molar-refractivity contribution is 6.16. The van der Waals surface area contributed by atoms with Gasteiger partial charge in [-0.3, -0.25) is 9.69 Å². The van der Waals surface area contributed by atoms with E-state index in [1.807, 2.05) is 36.4 Å². The number of hydrazone groups is 1. The van der Waals surface area contributed by atoms with Crippen LogP contribution in [0.5, 0.6) is 0 Å². The Hall–Kier alpha value is -2.46. The summed E-state index contributed by atoms with van der Waals surface area (Å²) in [6.45, 7) is 2.62. The van der Waals surface area contributed by atoms with Crippen molar-refractivity contribution in [2.45, 2.75) is 13.0 Å². The van der Waals surface area contributed by atoms with E-state index in [1.54, 1.807) is 5.01 Å². The largest absolute Gasteiger partial charge is 0.293 e. The third kappa shape index (κ3) is 2.78. The maximum atomic E-state index is 12.6. The lowest BCUT2D eigenvalue weighted by atomic mass is 9.94. The zero-order valence-corrected chi connectivity index (χ0v) is 12.9. The predicted octanol–water partition coefficient (Wildman–Crippen LogP) is 2.91. The minimum atomic E-state index is -0.0396. The van der Waals surface area contributed by atoms with Gasteiger partial charge in [-0.1, -0.05) is 48.5 Å². The summed E-state index contributed by atoms with van der Waals surface area (Å²) >= 11 is 0. The average Bonchev–Trinajstić information content (AvgIpc) is 2.93. The summed E-state index contributed by atoms with van der Waals surface area (Å²) in [5.41, 5.74) is 3.16. The van der Waals surface area contributed by atoms with Gasteiger partial charge in [0.05, 0.1) is 17.3 Å². The molecule has 4 nitrogen and oxygen atoms in total. The molecule has 0 N–H and O–H groups in total. The first-order valence-electron chi connectivity index (χ1n) is 8.04. The second-order valence-corrected chi connectivity index (χ2v) is 6.11. The van der Waals surface area contributed by atoms with E-state index in [1.165, 1.54) is 5.56 Å². The van der Waals surface area contributed by atoms with Gasteiger partial charge in [0.1, 0.15) is 0 Å². The van der Waals surface area contributed by atoms with Gasteiger partial charge >= 0.3 is 0 Å². The topological polar surface area (TPSA) is 35.9 Å². The van der Waals surface area contributed by atoms with Crippen molar-refractivity contribution in [1.29, 1.82) is 0 Å². The zero-order chi connectivity index (χ0) is 15.6. The molecule has 0 aliphatic carbocycles. The van der Waals surface area contributed by atoms with Crippen LogP contribution in [0.4, 0.5) is 5.69 Å². The van der Waals surface area contributed by atoms with Crippen LogP contribution in [0.2, 0.25) is 0 Å². The van der Waals surface area contributed by atoms with Crippen LogP contribution in [0, 0.1) is 5.92 Å². The number of nitrogens with zero attached hydrogens (tertiary/aromatic N) is 3. The quantitative estimate of drug-likeness (QED) is 0.874. The summed E-state index contributed by atoms with van der Waals surface area (Å²) in [5.74, 6) is 0.0767. The number of likely N-dealkylation sites (tertiary alicyclic amines) is 1. The normalized spacial score (nSPS) is 21.2. The second kappa shape index (κ2) is 5.97. The fraction of sp³-hybridized carbons (Fsp3) is 0.263. The maximum Gasteiger partial charge on any atom is 0.256 e. The summed E-state index contributed by atoms with van der Waals surface area (Å²) < 4.78 is 0. The first kappa shape index (κ1) is 14.2. The number of carbonyl (C=O) groups is 1. The molecule has 116 valence electrons. The van der Waals surface area contributed by atoms with Crippen LogP contribution in [0.25, 0.3) is 0 Å². The van der Waals surface area contributed by atoms with E-state index in [4.69, 9.17) is 0 Å². The predicted molar refractivity (Wildman–Crippen MR) is 91.2 cm³/mol. The molecule has 1 unspecified atom stereocenters. The molecule has 2 aromatic carbocycles. The minimum absolute atomic E-state index is 0.0396. The van der Waals surface area contributed by atoms with E-state index < -0.39 is 0 Å². The van der Waals surface area contributed by atoms with E-state index in [-0.39, 0.29) is 11.8 Å². The molecule has 1 atom stereocenters. The van der Waals surface area contributed by atoms with Crippen LogP contribution in [0.15, 0.2) is 65.8 Å². The molecule has 1 saturated heterocycles. The lowest BCUT2D eigenvalue weighted by Gasteiger charge is -2.29. The Labute approximate surface area is 136 Å².